The Morgan fingerprint density at radius 3 is 2.39 bits per heavy atom. The van der Waals surface area contributed by atoms with Crippen molar-refractivity contribution < 1.29 is 18.3 Å². The molecule has 2 aromatic rings. The second-order valence-electron chi connectivity index (χ2n) is 3.51. The molecule has 0 atom stereocenters. The molecule has 0 heterocycles. The fraction of sp³-hybridized carbons (Fsp3) is 0. The van der Waals surface area contributed by atoms with E-state index in [4.69, 9.17) is 0 Å². The van der Waals surface area contributed by atoms with Gasteiger partial charge in [-0.25, -0.2) is 13.2 Å². The third kappa shape index (κ3) is 2.34. The van der Waals surface area contributed by atoms with Gasteiger partial charge in [0.1, 0.15) is 11.4 Å². The van der Waals surface area contributed by atoms with E-state index in [0.717, 1.165) is 12.1 Å². The van der Waals surface area contributed by atoms with Crippen molar-refractivity contribution in [3.63, 3.8) is 0 Å². The van der Waals surface area contributed by atoms with Gasteiger partial charge in [0.2, 0.25) is 0 Å². The topological polar surface area (TPSA) is 32.6 Å². The van der Waals surface area contributed by atoms with Crippen LogP contribution >= 0.6 is 0 Å². The summed E-state index contributed by atoms with van der Waals surface area (Å²) in [7, 11) is 0. The molecule has 0 fully saturated rings. The van der Waals surface area contributed by atoms with Crippen LogP contribution < -0.4 is 0 Å². The number of phenolic OH excluding ortho intramolecular Hbond substituents is 1. The van der Waals surface area contributed by atoms with Crippen molar-refractivity contribution in [1.29, 1.82) is 0 Å². The van der Waals surface area contributed by atoms with Gasteiger partial charge in [-0.1, -0.05) is 12.1 Å². The number of nitrogens with zero attached hydrogens (tertiary/aromatic N) is 1. The normalized spacial score (nSPS) is 11.1. The first-order valence-electron chi connectivity index (χ1n) is 5.05. The van der Waals surface area contributed by atoms with Crippen molar-refractivity contribution in [2.45, 2.75) is 0 Å². The van der Waals surface area contributed by atoms with Crippen molar-refractivity contribution in [3.8, 4) is 5.75 Å². The summed E-state index contributed by atoms with van der Waals surface area (Å²) < 4.78 is 38.9. The van der Waals surface area contributed by atoms with Gasteiger partial charge in [0, 0.05) is 11.8 Å². The van der Waals surface area contributed by atoms with E-state index in [1.165, 1.54) is 12.3 Å². The minimum Gasteiger partial charge on any atom is -0.507 e. The molecule has 18 heavy (non-hydrogen) atoms. The Morgan fingerprint density at radius 2 is 1.67 bits per heavy atom. The second kappa shape index (κ2) is 4.91. The van der Waals surface area contributed by atoms with E-state index in [0.29, 0.717) is 5.56 Å². The molecule has 5 heteroatoms. The van der Waals surface area contributed by atoms with E-state index < -0.39 is 17.5 Å². The van der Waals surface area contributed by atoms with Crippen LogP contribution in [0.25, 0.3) is 0 Å². The molecule has 0 aromatic heterocycles. The first kappa shape index (κ1) is 12.2. The van der Waals surface area contributed by atoms with Crippen molar-refractivity contribution in [3.05, 3.63) is 59.4 Å². The zero-order chi connectivity index (χ0) is 13.1. The van der Waals surface area contributed by atoms with Gasteiger partial charge >= 0.3 is 0 Å². The third-order valence-electron chi connectivity index (χ3n) is 2.29. The molecule has 92 valence electrons. The molecule has 0 amide bonds. The number of halogens is 3. The predicted molar refractivity (Wildman–Crippen MR) is 61.7 cm³/mol. The molecule has 0 unspecified atom stereocenters. The van der Waals surface area contributed by atoms with Gasteiger partial charge in [-0.05, 0) is 24.3 Å². The number of benzene rings is 2. The zero-order valence-corrected chi connectivity index (χ0v) is 9.07. The number of aliphatic imine (C=N–C) groups is 1. The fourth-order valence-corrected chi connectivity index (χ4v) is 1.35. The maximum Gasteiger partial charge on any atom is 0.196 e. The van der Waals surface area contributed by atoms with Gasteiger partial charge in [0.15, 0.2) is 17.5 Å². The molecule has 0 aliphatic rings. The van der Waals surface area contributed by atoms with Crippen LogP contribution in [0.4, 0.5) is 18.9 Å². The van der Waals surface area contributed by atoms with Gasteiger partial charge < -0.3 is 5.11 Å². The maximum atomic E-state index is 13.3. The van der Waals surface area contributed by atoms with Crippen molar-refractivity contribution >= 4 is 11.9 Å². The molecule has 2 nitrogen and oxygen atoms in total. The molecule has 2 aromatic carbocycles. The fourth-order valence-electron chi connectivity index (χ4n) is 1.35. The van der Waals surface area contributed by atoms with E-state index in [9.17, 15) is 18.3 Å². The van der Waals surface area contributed by atoms with Gasteiger partial charge in [-0.2, -0.15) is 0 Å². The van der Waals surface area contributed by atoms with E-state index in [2.05, 4.69) is 4.99 Å². The minimum absolute atomic E-state index is 0.0377. The summed E-state index contributed by atoms with van der Waals surface area (Å²) in [4.78, 5) is 3.67. The van der Waals surface area contributed by atoms with Crippen LogP contribution in [0.15, 0.2) is 41.4 Å². The largest absolute Gasteiger partial charge is 0.507 e. The summed E-state index contributed by atoms with van der Waals surface area (Å²) in [5.74, 6) is -4.23. The molecule has 0 bridgehead atoms. The first-order valence-corrected chi connectivity index (χ1v) is 5.05. The summed E-state index contributed by atoms with van der Waals surface area (Å²) in [6.45, 7) is 0. The molecular weight excluding hydrogens is 243 g/mol. The Morgan fingerprint density at radius 1 is 0.944 bits per heavy atom. The lowest BCUT2D eigenvalue weighted by Crippen LogP contribution is -1.90. The van der Waals surface area contributed by atoms with E-state index in [1.54, 1.807) is 18.2 Å². The highest BCUT2D eigenvalue weighted by atomic mass is 19.2. The Labute approximate surface area is 101 Å². The summed E-state index contributed by atoms with van der Waals surface area (Å²) in [5.41, 5.74) is 0.0128. The highest BCUT2D eigenvalue weighted by molar-refractivity contribution is 5.85. The average Bonchev–Trinajstić information content (AvgIpc) is 2.37. The van der Waals surface area contributed by atoms with Gasteiger partial charge in [0.25, 0.3) is 0 Å². The number of phenols is 1. The molecule has 2 rings (SSSR count). The number of aromatic hydroxyl groups is 1. The van der Waals surface area contributed by atoms with Crippen LogP contribution in [-0.2, 0) is 0 Å². The molecule has 0 spiro atoms. The highest BCUT2D eigenvalue weighted by Gasteiger charge is 2.12. The van der Waals surface area contributed by atoms with Crippen LogP contribution in [0.2, 0.25) is 0 Å². The summed E-state index contributed by atoms with van der Waals surface area (Å²) >= 11 is 0. The summed E-state index contributed by atoms with van der Waals surface area (Å²) in [6, 6.07) is 8.06. The lowest BCUT2D eigenvalue weighted by atomic mass is 10.2. The Bertz CT molecular complexity index is 611. The summed E-state index contributed by atoms with van der Waals surface area (Å²) in [5, 5.41) is 9.44. The smallest absolute Gasteiger partial charge is 0.196 e. The van der Waals surface area contributed by atoms with Crippen LogP contribution in [-0.4, -0.2) is 11.3 Å². The quantitative estimate of drug-likeness (QED) is 0.642. The van der Waals surface area contributed by atoms with Crippen molar-refractivity contribution in [2.75, 3.05) is 0 Å². The van der Waals surface area contributed by atoms with E-state index in [-0.39, 0.29) is 11.4 Å². The summed E-state index contributed by atoms with van der Waals surface area (Å²) in [6.07, 6.45) is 1.17. The van der Waals surface area contributed by atoms with Crippen LogP contribution in [0, 0.1) is 17.5 Å². The Kier molecular flexibility index (Phi) is 3.32. The van der Waals surface area contributed by atoms with Crippen LogP contribution in [0.5, 0.6) is 5.75 Å². The van der Waals surface area contributed by atoms with Gasteiger partial charge in [0.05, 0.1) is 0 Å². The van der Waals surface area contributed by atoms with Crippen molar-refractivity contribution in [1.82, 2.24) is 0 Å². The second-order valence-corrected chi connectivity index (χ2v) is 3.51. The Balaban J connectivity index is 2.36. The number of hydrogen-bond donors (Lipinski definition) is 1. The molecular formula is C13H8F3NO. The monoisotopic (exact) mass is 251 g/mol. The van der Waals surface area contributed by atoms with E-state index >= 15 is 0 Å². The number of rotatable bonds is 2. The van der Waals surface area contributed by atoms with Gasteiger partial charge in [-0.15, -0.1) is 0 Å². The Hall–Kier alpha value is -2.30. The lowest BCUT2D eigenvalue weighted by Gasteiger charge is -2.00. The van der Waals surface area contributed by atoms with Crippen LogP contribution in [0.3, 0.4) is 0 Å². The lowest BCUT2D eigenvalue weighted by molar-refractivity contribution is 0.448. The molecule has 1 N–H and O–H groups in total. The maximum absolute atomic E-state index is 13.3. The number of hydrogen-bond acceptors (Lipinski definition) is 2. The highest BCUT2D eigenvalue weighted by Crippen LogP contribution is 2.23. The molecule has 0 saturated carbocycles. The standard InChI is InChI=1S/C13H8F3NO/c14-9-5-6-10(13(16)12(9)15)17-7-8-3-1-2-4-11(8)18/h1-7,18H. The predicted octanol–water partition coefficient (Wildman–Crippen LogP) is 3.56. The first-order chi connectivity index (χ1) is 8.59. The minimum atomic E-state index is -1.57. The molecule has 0 aliphatic carbocycles. The molecule has 0 aliphatic heterocycles. The van der Waals surface area contributed by atoms with Crippen molar-refractivity contribution in [2.24, 2.45) is 4.99 Å². The zero-order valence-electron chi connectivity index (χ0n) is 9.07. The van der Waals surface area contributed by atoms with E-state index in [1.807, 2.05) is 0 Å². The van der Waals surface area contributed by atoms with Crippen LogP contribution in [0.1, 0.15) is 5.56 Å². The average molecular weight is 251 g/mol. The third-order valence-corrected chi connectivity index (χ3v) is 2.29. The number of para-hydroxylation sites is 1. The SMILES string of the molecule is Oc1ccccc1C=Nc1ccc(F)c(F)c1F. The molecule has 0 radical (unpaired) electrons. The molecule has 0 saturated heterocycles. The van der Waals surface area contributed by atoms with Gasteiger partial charge in [-0.3, -0.25) is 4.99 Å².